The smallest absolute Gasteiger partial charge is 0.0102 e. The van der Waals surface area contributed by atoms with Crippen molar-refractivity contribution in [1.82, 2.24) is 5.32 Å². The Morgan fingerprint density at radius 1 is 1.21 bits per heavy atom. The summed E-state index contributed by atoms with van der Waals surface area (Å²) >= 11 is 1.80. The lowest BCUT2D eigenvalue weighted by atomic mass is 9.92. The number of fused-ring (bicyclic) bond motifs is 1. The van der Waals surface area contributed by atoms with Crippen LogP contribution in [0.3, 0.4) is 0 Å². The molecular formula is C17H21NS. The first-order chi connectivity index (χ1) is 9.36. The molecule has 1 aliphatic carbocycles. The minimum atomic E-state index is 0.632. The van der Waals surface area contributed by atoms with E-state index in [-0.39, 0.29) is 0 Å². The van der Waals surface area contributed by atoms with Gasteiger partial charge in [-0.2, -0.15) is 11.3 Å². The highest BCUT2D eigenvalue weighted by Gasteiger charge is 2.27. The fraction of sp³-hybridized carbons (Fsp3) is 0.412. The predicted octanol–water partition coefficient (Wildman–Crippen LogP) is 3.68. The van der Waals surface area contributed by atoms with E-state index in [4.69, 9.17) is 0 Å². The minimum absolute atomic E-state index is 0.632. The molecule has 2 heteroatoms. The van der Waals surface area contributed by atoms with Crippen molar-refractivity contribution in [2.24, 2.45) is 5.92 Å². The zero-order valence-corrected chi connectivity index (χ0v) is 12.2. The molecule has 3 rings (SSSR count). The summed E-state index contributed by atoms with van der Waals surface area (Å²) in [6.45, 7) is 0. The summed E-state index contributed by atoms with van der Waals surface area (Å²) in [5.74, 6) is 0.765. The Balaban J connectivity index is 1.61. The number of thiophene rings is 1. The summed E-state index contributed by atoms with van der Waals surface area (Å²) in [6.07, 6.45) is 4.92. The van der Waals surface area contributed by atoms with E-state index >= 15 is 0 Å². The first-order valence-corrected chi connectivity index (χ1v) is 8.06. The van der Waals surface area contributed by atoms with Crippen LogP contribution in [-0.4, -0.2) is 13.1 Å². The molecule has 100 valence electrons. The van der Waals surface area contributed by atoms with Crippen molar-refractivity contribution in [1.29, 1.82) is 0 Å². The molecule has 0 bridgehead atoms. The molecule has 1 heterocycles. The number of benzene rings is 1. The van der Waals surface area contributed by atoms with Gasteiger partial charge < -0.3 is 5.32 Å². The van der Waals surface area contributed by atoms with E-state index in [1.165, 1.54) is 31.2 Å². The van der Waals surface area contributed by atoms with E-state index in [2.05, 4.69) is 53.5 Å². The Morgan fingerprint density at radius 2 is 1.95 bits per heavy atom. The molecule has 0 fully saturated rings. The molecule has 1 nitrogen and oxygen atoms in total. The van der Waals surface area contributed by atoms with Crippen LogP contribution < -0.4 is 5.32 Å². The van der Waals surface area contributed by atoms with Gasteiger partial charge >= 0.3 is 0 Å². The summed E-state index contributed by atoms with van der Waals surface area (Å²) in [7, 11) is 2.11. The van der Waals surface area contributed by atoms with Gasteiger partial charge in [-0.3, -0.25) is 0 Å². The van der Waals surface area contributed by atoms with Crippen LogP contribution in [0.2, 0.25) is 0 Å². The fourth-order valence-electron chi connectivity index (χ4n) is 3.25. The lowest BCUT2D eigenvalue weighted by Crippen LogP contribution is -2.34. The second-order valence-corrected chi connectivity index (χ2v) is 6.28. The van der Waals surface area contributed by atoms with Crippen LogP contribution in [0.5, 0.6) is 0 Å². The summed E-state index contributed by atoms with van der Waals surface area (Å²) in [5, 5.41) is 7.99. The topological polar surface area (TPSA) is 12.0 Å². The average Bonchev–Trinajstić information content (AvgIpc) is 3.08. The zero-order valence-electron chi connectivity index (χ0n) is 11.4. The monoisotopic (exact) mass is 271 g/mol. The highest BCUT2D eigenvalue weighted by molar-refractivity contribution is 7.07. The summed E-state index contributed by atoms with van der Waals surface area (Å²) < 4.78 is 0. The van der Waals surface area contributed by atoms with Crippen LogP contribution in [0, 0.1) is 5.92 Å². The number of hydrogen-bond donors (Lipinski definition) is 1. The average molecular weight is 271 g/mol. The van der Waals surface area contributed by atoms with Gasteiger partial charge in [0.2, 0.25) is 0 Å². The second kappa shape index (κ2) is 5.89. The Bertz CT molecular complexity index is 493. The quantitative estimate of drug-likeness (QED) is 0.874. The lowest BCUT2D eigenvalue weighted by molar-refractivity contribution is 0.365. The third kappa shape index (κ3) is 2.90. The van der Waals surface area contributed by atoms with Crippen LogP contribution >= 0.6 is 11.3 Å². The Labute approximate surface area is 119 Å². The maximum Gasteiger partial charge on any atom is 0.0102 e. The van der Waals surface area contributed by atoms with Crippen molar-refractivity contribution in [3.63, 3.8) is 0 Å². The Kier molecular flexibility index (Phi) is 4.00. The molecule has 0 saturated heterocycles. The second-order valence-electron chi connectivity index (χ2n) is 5.50. The number of rotatable bonds is 5. The SMILES string of the molecule is CNC(CCc1ccsc1)C1Cc2ccccc2C1. The van der Waals surface area contributed by atoms with Gasteiger partial charge in [-0.05, 0) is 72.2 Å². The van der Waals surface area contributed by atoms with Gasteiger partial charge in [0.15, 0.2) is 0 Å². The van der Waals surface area contributed by atoms with Crippen molar-refractivity contribution in [3.8, 4) is 0 Å². The summed E-state index contributed by atoms with van der Waals surface area (Å²) in [5.41, 5.74) is 4.60. The van der Waals surface area contributed by atoms with Crippen molar-refractivity contribution in [2.45, 2.75) is 31.7 Å². The summed E-state index contributed by atoms with van der Waals surface area (Å²) in [4.78, 5) is 0. The van der Waals surface area contributed by atoms with Gasteiger partial charge in [-0.15, -0.1) is 0 Å². The van der Waals surface area contributed by atoms with Gasteiger partial charge in [0.05, 0.1) is 0 Å². The maximum atomic E-state index is 3.54. The molecule has 1 N–H and O–H groups in total. The first kappa shape index (κ1) is 12.9. The molecular weight excluding hydrogens is 250 g/mol. The van der Waals surface area contributed by atoms with Crippen LogP contribution in [-0.2, 0) is 19.3 Å². The molecule has 1 aromatic carbocycles. The van der Waals surface area contributed by atoms with Crippen LogP contribution in [0.1, 0.15) is 23.1 Å². The van der Waals surface area contributed by atoms with Gasteiger partial charge in [0.1, 0.15) is 0 Å². The highest BCUT2D eigenvalue weighted by Crippen LogP contribution is 2.30. The van der Waals surface area contributed by atoms with Gasteiger partial charge in [-0.1, -0.05) is 24.3 Å². The molecule has 0 amide bonds. The molecule has 19 heavy (non-hydrogen) atoms. The van der Waals surface area contributed by atoms with E-state index in [0.29, 0.717) is 6.04 Å². The van der Waals surface area contributed by atoms with E-state index in [1.54, 1.807) is 22.5 Å². The Hall–Kier alpha value is -1.12. The largest absolute Gasteiger partial charge is 0.317 e. The van der Waals surface area contributed by atoms with Gasteiger partial charge in [-0.25, -0.2) is 0 Å². The minimum Gasteiger partial charge on any atom is -0.317 e. The van der Waals surface area contributed by atoms with Crippen molar-refractivity contribution in [3.05, 3.63) is 57.8 Å². The van der Waals surface area contributed by atoms with E-state index in [9.17, 15) is 0 Å². The highest BCUT2D eigenvalue weighted by atomic mass is 32.1. The summed E-state index contributed by atoms with van der Waals surface area (Å²) in [6, 6.07) is 11.8. The van der Waals surface area contributed by atoms with E-state index in [1.807, 2.05) is 0 Å². The van der Waals surface area contributed by atoms with Gasteiger partial charge in [0, 0.05) is 6.04 Å². The zero-order chi connectivity index (χ0) is 13.1. The third-order valence-corrected chi connectivity index (χ3v) is 5.08. The molecule has 1 aliphatic rings. The molecule has 1 aromatic heterocycles. The molecule has 0 aliphatic heterocycles. The van der Waals surface area contributed by atoms with Crippen LogP contribution in [0.4, 0.5) is 0 Å². The number of aryl methyl sites for hydroxylation is 1. The number of hydrogen-bond acceptors (Lipinski definition) is 2. The molecule has 2 aromatic rings. The molecule has 0 saturated carbocycles. The number of nitrogens with one attached hydrogen (secondary N) is 1. The fourth-order valence-corrected chi connectivity index (χ4v) is 3.95. The predicted molar refractivity (Wildman–Crippen MR) is 82.8 cm³/mol. The van der Waals surface area contributed by atoms with E-state index in [0.717, 1.165) is 5.92 Å². The molecule has 1 atom stereocenters. The normalized spacial score (nSPS) is 16.5. The van der Waals surface area contributed by atoms with E-state index < -0.39 is 0 Å². The maximum absolute atomic E-state index is 3.54. The molecule has 0 spiro atoms. The van der Waals surface area contributed by atoms with Gasteiger partial charge in [0.25, 0.3) is 0 Å². The van der Waals surface area contributed by atoms with Crippen molar-refractivity contribution in [2.75, 3.05) is 7.05 Å². The Morgan fingerprint density at radius 3 is 2.53 bits per heavy atom. The lowest BCUT2D eigenvalue weighted by Gasteiger charge is -2.22. The third-order valence-electron chi connectivity index (χ3n) is 4.35. The molecule has 1 unspecified atom stereocenters. The van der Waals surface area contributed by atoms with Crippen LogP contribution in [0.15, 0.2) is 41.1 Å². The van der Waals surface area contributed by atoms with Crippen LogP contribution in [0.25, 0.3) is 0 Å². The standard InChI is InChI=1S/C17H21NS/c1-18-17(7-6-13-8-9-19-12-13)16-10-14-4-2-3-5-15(14)11-16/h2-5,8-9,12,16-18H,6-7,10-11H2,1H3. The molecule has 0 radical (unpaired) electrons. The first-order valence-electron chi connectivity index (χ1n) is 7.12. The van der Waals surface area contributed by atoms with Crippen molar-refractivity contribution < 1.29 is 0 Å². The van der Waals surface area contributed by atoms with Crippen molar-refractivity contribution >= 4 is 11.3 Å².